The third-order valence-corrected chi connectivity index (χ3v) is 8.06. The number of aryl methyl sites for hydroxylation is 3. The predicted octanol–water partition coefficient (Wildman–Crippen LogP) is 4.25. The lowest BCUT2D eigenvalue weighted by molar-refractivity contribution is 0.569. The van der Waals surface area contributed by atoms with Crippen molar-refractivity contribution in [3.63, 3.8) is 0 Å². The quantitative estimate of drug-likeness (QED) is 0.372. The normalized spacial score (nSPS) is 17.3. The Morgan fingerprint density at radius 1 is 1.14 bits per heavy atom. The van der Waals surface area contributed by atoms with Gasteiger partial charge in [-0.05, 0) is 55.5 Å². The summed E-state index contributed by atoms with van der Waals surface area (Å²) in [5.74, 6) is -2.02. The Hall–Kier alpha value is -3.44. The highest BCUT2D eigenvalue weighted by Gasteiger charge is 2.43. The highest BCUT2D eigenvalue weighted by Crippen LogP contribution is 2.55. The van der Waals surface area contributed by atoms with E-state index in [2.05, 4.69) is 15.3 Å². The topological polar surface area (TPSA) is 99.7 Å². The van der Waals surface area contributed by atoms with Gasteiger partial charge in [0.05, 0.1) is 11.4 Å². The molecule has 0 radical (unpaired) electrons. The van der Waals surface area contributed by atoms with Crippen molar-refractivity contribution in [2.75, 3.05) is 6.26 Å². The standard InChI is InChI=1S/C25H22ClF2N5O3S/c1-12-10-29-23(14-6-5-7-19(21(14)27)37(4,35)36)22(28)24(12)33-13(2)8-17(20(26)25(33)34)15-9-16(15)18-11-32(3)31-30-18/h5-8,10-11,15-16H,9H2,1-4H3/t15-,16-/m0/s1. The van der Waals surface area contributed by atoms with Gasteiger partial charge in [0.25, 0.3) is 5.56 Å². The number of nitrogens with zero attached hydrogens (tertiary/aromatic N) is 5. The van der Waals surface area contributed by atoms with E-state index in [1.54, 1.807) is 31.6 Å². The van der Waals surface area contributed by atoms with Crippen LogP contribution >= 0.6 is 11.6 Å². The summed E-state index contributed by atoms with van der Waals surface area (Å²) >= 11 is 6.53. The molecule has 192 valence electrons. The number of benzene rings is 1. The molecule has 0 aliphatic heterocycles. The summed E-state index contributed by atoms with van der Waals surface area (Å²) in [7, 11) is -2.13. The number of sulfone groups is 1. The van der Waals surface area contributed by atoms with Crippen molar-refractivity contribution in [3.05, 3.63) is 86.2 Å². The van der Waals surface area contributed by atoms with E-state index < -0.39 is 37.6 Å². The molecule has 0 bridgehead atoms. The van der Waals surface area contributed by atoms with Gasteiger partial charge in [0.1, 0.15) is 15.6 Å². The lowest BCUT2D eigenvalue weighted by atomic mass is 10.1. The van der Waals surface area contributed by atoms with Crippen molar-refractivity contribution in [1.82, 2.24) is 24.5 Å². The van der Waals surface area contributed by atoms with E-state index >= 15 is 8.78 Å². The fraction of sp³-hybridized carbons (Fsp3) is 0.280. The average molecular weight is 546 g/mol. The maximum Gasteiger partial charge on any atom is 0.274 e. The van der Waals surface area contributed by atoms with E-state index in [-0.39, 0.29) is 28.1 Å². The Bertz CT molecular complexity index is 1750. The van der Waals surface area contributed by atoms with Gasteiger partial charge in [-0.1, -0.05) is 22.9 Å². The Balaban J connectivity index is 1.63. The molecule has 3 heterocycles. The SMILES string of the molecule is Cc1cnc(-c2cccc(S(C)(=O)=O)c2F)c(F)c1-n1c(C)cc([C@H]2C[C@@H]2c2cn(C)nn2)c(Cl)c1=O. The summed E-state index contributed by atoms with van der Waals surface area (Å²) in [5, 5.41) is 8.06. The summed E-state index contributed by atoms with van der Waals surface area (Å²) in [6, 6.07) is 5.39. The summed E-state index contributed by atoms with van der Waals surface area (Å²) in [5.41, 5.74) is 0.703. The van der Waals surface area contributed by atoms with Crippen molar-refractivity contribution < 1.29 is 17.2 Å². The molecule has 1 fully saturated rings. The van der Waals surface area contributed by atoms with E-state index in [0.29, 0.717) is 16.8 Å². The lowest BCUT2D eigenvalue weighted by Gasteiger charge is -2.18. The van der Waals surface area contributed by atoms with Gasteiger partial charge in [-0.2, -0.15) is 0 Å². The highest BCUT2D eigenvalue weighted by atomic mass is 35.5. The number of pyridine rings is 2. The maximum atomic E-state index is 16.0. The third kappa shape index (κ3) is 4.25. The Morgan fingerprint density at radius 2 is 1.86 bits per heavy atom. The molecule has 1 aliphatic carbocycles. The van der Waals surface area contributed by atoms with Crippen molar-refractivity contribution >= 4 is 21.4 Å². The van der Waals surface area contributed by atoms with Gasteiger partial charge in [0.15, 0.2) is 21.5 Å². The fourth-order valence-electron chi connectivity index (χ4n) is 4.69. The molecule has 5 rings (SSSR count). The van der Waals surface area contributed by atoms with Crippen LogP contribution in [0.1, 0.15) is 40.8 Å². The first kappa shape index (κ1) is 25.2. The predicted molar refractivity (Wildman–Crippen MR) is 134 cm³/mol. The van der Waals surface area contributed by atoms with Gasteiger partial charge >= 0.3 is 0 Å². The van der Waals surface area contributed by atoms with Gasteiger partial charge in [-0.25, -0.2) is 17.2 Å². The van der Waals surface area contributed by atoms with Crippen LogP contribution in [0.25, 0.3) is 16.9 Å². The smallest absolute Gasteiger partial charge is 0.274 e. The monoisotopic (exact) mass is 545 g/mol. The molecule has 3 aromatic heterocycles. The molecule has 0 spiro atoms. The minimum atomic E-state index is -3.90. The van der Waals surface area contributed by atoms with Crippen LogP contribution in [0.2, 0.25) is 5.02 Å². The molecule has 0 saturated heterocycles. The van der Waals surface area contributed by atoms with Gasteiger partial charge < -0.3 is 0 Å². The minimum absolute atomic E-state index is 0.0166. The van der Waals surface area contributed by atoms with E-state index in [9.17, 15) is 13.2 Å². The lowest BCUT2D eigenvalue weighted by Crippen LogP contribution is -2.24. The van der Waals surface area contributed by atoms with Crippen LogP contribution in [0.15, 0.2) is 46.3 Å². The van der Waals surface area contributed by atoms with Gasteiger partial charge in [0.2, 0.25) is 0 Å². The first-order valence-corrected chi connectivity index (χ1v) is 13.6. The molecular formula is C25H22ClF2N5O3S. The fourth-order valence-corrected chi connectivity index (χ4v) is 5.73. The molecule has 37 heavy (non-hydrogen) atoms. The number of hydrogen-bond acceptors (Lipinski definition) is 6. The molecule has 1 aliphatic rings. The van der Waals surface area contributed by atoms with E-state index in [4.69, 9.17) is 11.6 Å². The Labute approximate surface area is 216 Å². The second-order valence-corrected chi connectivity index (χ2v) is 11.7. The zero-order valence-electron chi connectivity index (χ0n) is 20.3. The van der Waals surface area contributed by atoms with Crippen LogP contribution in [-0.4, -0.2) is 39.2 Å². The third-order valence-electron chi connectivity index (χ3n) is 6.57. The Kier molecular flexibility index (Phi) is 6.03. The van der Waals surface area contributed by atoms with Crippen LogP contribution < -0.4 is 5.56 Å². The maximum absolute atomic E-state index is 16.0. The largest absolute Gasteiger partial charge is 0.277 e. The zero-order chi connectivity index (χ0) is 26.8. The first-order valence-electron chi connectivity index (χ1n) is 11.3. The van der Waals surface area contributed by atoms with Gasteiger partial charge in [0, 0.05) is 42.9 Å². The summed E-state index contributed by atoms with van der Waals surface area (Å²) in [4.78, 5) is 16.9. The second-order valence-electron chi connectivity index (χ2n) is 9.30. The van der Waals surface area contributed by atoms with Crippen molar-refractivity contribution in [2.24, 2.45) is 7.05 Å². The molecular weight excluding hydrogens is 524 g/mol. The molecule has 1 saturated carbocycles. The minimum Gasteiger partial charge on any atom is -0.277 e. The number of rotatable bonds is 5. The number of halogens is 3. The second kappa shape index (κ2) is 8.84. The van der Waals surface area contributed by atoms with Crippen LogP contribution in [-0.2, 0) is 16.9 Å². The molecule has 0 N–H and O–H groups in total. The zero-order valence-corrected chi connectivity index (χ0v) is 21.9. The molecule has 8 nitrogen and oxygen atoms in total. The van der Waals surface area contributed by atoms with E-state index in [1.807, 2.05) is 6.20 Å². The van der Waals surface area contributed by atoms with Gasteiger partial charge in [-0.3, -0.25) is 19.0 Å². The molecule has 0 amide bonds. The summed E-state index contributed by atoms with van der Waals surface area (Å²) in [6.07, 6.45) is 4.74. The number of aromatic nitrogens is 5. The molecule has 0 unspecified atom stereocenters. The number of hydrogen-bond donors (Lipinski definition) is 0. The van der Waals surface area contributed by atoms with Crippen molar-refractivity contribution in [1.29, 1.82) is 0 Å². The molecule has 4 aromatic rings. The van der Waals surface area contributed by atoms with Crippen molar-refractivity contribution in [2.45, 2.75) is 37.0 Å². The van der Waals surface area contributed by atoms with Crippen LogP contribution in [0.3, 0.4) is 0 Å². The average Bonchev–Trinajstić information content (AvgIpc) is 3.50. The van der Waals surface area contributed by atoms with E-state index in [1.165, 1.54) is 18.3 Å². The van der Waals surface area contributed by atoms with Crippen LogP contribution in [0.5, 0.6) is 0 Å². The van der Waals surface area contributed by atoms with Crippen molar-refractivity contribution in [3.8, 4) is 16.9 Å². The Morgan fingerprint density at radius 3 is 2.51 bits per heavy atom. The summed E-state index contributed by atoms with van der Waals surface area (Å²) < 4.78 is 57.8. The molecule has 12 heteroatoms. The summed E-state index contributed by atoms with van der Waals surface area (Å²) in [6.45, 7) is 3.22. The van der Waals surface area contributed by atoms with Crippen LogP contribution in [0, 0.1) is 25.5 Å². The van der Waals surface area contributed by atoms with E-state index in [0.717, 1.165) is 29.0 Å². The van der Waals surface area contributed by atoms with Gasteiger partial charge in [-0.15, -0.1) is 5.10 Å². The van der Waals surface area contributed by atoms with Crippen LogP contribution in [0.4, 0.5) is 8.78 Å². The molecule has 2 atom stereocenters. The molecule has 1 aromatic carbocycles. The highest BCUT2D eigenvalue weighted by molar-refractivity contribution is 7.90. The first-order chi connectivity index (χ1) is 17.4.